The average molecular weight is 622 g/mol. The number of hydrogen-bond acceptors (Lipinski definition) is 6. The summed E-state index contributed by atoms with van der Waals surface area (Å²) >= 11 is 6.81. The fourth-order valence-electron chi connectivity index (χ4n) is 5.35. The molecule has 45 heavy (non-hydrogen) atoms. The number of aliphatic hydroxyl groups is 1. The lowest BCUT2D eigenvalue weighted by Crippen LogP contribution is -2.13. The number of nitrogens with one attached hydrogen (secondary N) is 1. The highest BCUT2D eigenvalue weighted by atomic mass is 35.5. The molecule has 6 nitrogen and oxygen atoms in total. The van der Waals surface area contributed by atoms with Gasteiger partial charge in [-0.3, -0.25) is 4.98 Å². The van der Waals surface area contributed by atoms with Crippen LogP contribution in [-0.4, -0.2) is 16.7 Å². The molecule has 1 atom stereocenters. The molecule has 0 aliphatic heterocycles. The summed E-state index contributed by atoms with van der Waals surface area (Å²) in [5.74, 6) is 0.747. The fourth-order valence-corrected chi connectivity index (χ4v) is 5.58. The van der Waals surface area contributed by atoms with Crippen LogP contribution >= 0.6 is 11.6 Å². The van der Waals surface area contributed by atoms with Gasteiger partial charge in [0, 0.05) is 47.4 Å². The maximum Gasteiger partial charge on any atom is 0.142 e. The third-order valence-electron chi connectivity index (χ3n) is 7.68. The van der Waals surface area contributed by atoms with Gasteiger partial charge in [-0.25, -0.2) is 4.39 Å². The van der Waals surface area contributed by atoms with Gasteiger partial charge in [-0.15, -0.1) is 0 Å². The van der Waals surface area contributed by atoms with Gasteiger partial charge in [-0.05, 0) is 72.4 Å². The van der Waals surface area contributed by atoms with Gasteiger partial charge in [0.1, 0.15) is 36.1 Å². The van der Waals surface area contributed by atoms with Crippen LogP contribution in [0.2, 0.25) is 5.02 Å². The van der Waals surface area contributed by atoms with E-state index in [0.717, 1.165) is 51.9 Å². The molecule has 0 saturated heterocycles. The van der Waals surface area contributed by atoms with E-state index in [4.69, 9.17) is 21.1 Å². The van der Waals surface area contributed by atoms with E-state index < -0.39 is 0 Å². The lowest BCUT2D eigenvalue weighted by atomic mass is 9.96. The molecule has 0 fully saturated rings. The van der Waals surface area contributed by atoms with Crippen molar-refractivity contribution >= 4 is 11.6 Å². The topological polar surface area (TPSA) is 87.4 Å². The summed E-state index contributed by atoms with van der Waals surface area (Å²) in [4.78, 5) is 4.13. The molecule has 0 saturated carbocycles. The summed E-state index contributed by atoms with van der Waals surface area (Å²) in [7, 11) is 0. The van der Waals surface area contributed by atoms with Crippen molar-refractivity contribution in [1.29, 1.82) is 5.26 Å². The van der Waals surface area contributed by atoms with Gasteiger partial charge in [-0.1, -0.05) is 60.7 Å². The molecule has 1 aliphatic rings. The Kier molecular flexibility index (Phi) is 10.3. The normalized spacial score (nSPS) is 14.4. The number of ether oxygens (including phenoxy) is 2. The van der Waals surface area contributed by atoms with Gasteiger partial charge in [0.05, 0.1) is 17.2 Å². The molecule has 0 unspecified atom stereocenters. The molecular formula is C37H33ClFN3O3. The third kappa shape index (κ3) is 7.43. The zero-order valence-corrected chi connectivity index (χ0v) is 25.7. The Hall–Kier alpha value is -4.90. The summed E-state index contributed by atoms with van der Waals surface area (Å²) in [5.41, 5.74) is 6.93. The first-order valence-corrected chi connectivity index (χ1v) is 15.0. The molecule has 8 heteroatoms. The van der Waals surface area contributed by atoms with Crippen LogP contribution < -0.4 is 14.8 Å². The molecule has 3 aromatic carbocycles. The summed E-state index contributed by atoms with van der Waals surface area (Å²) in [6.07, 6.45) is 9.66. The second-order valence-corrected chi connectivity index (χ2v) is 11.0. The van der Waals surface area contributed by atoms with Crippen LogP contribution in [0.3, 0.4) is 0 Å². The Morgan fingerprint density at radius 1 is 1.16 bits per heavy atom. The van der Waals surface area contributed by atoms with Gasteiger partial charge in [-0.2, -0.15) is 5.26 Å². The second-order valence-electron chi connectivity index (χ2n) is 10.6. The molecule has 1 aliphatic carbocycles. The molecular weight excluding hydrogens is 589 g/mol. The number of allylic oxidation sites excluding steroid dienone is 2. The number of aliphatic hydroxyl groups excluding tert-OH is 1. The van der Waals surface area contributed by atoms with E-state index in [0.29, 0.717) is 34.2 Å². The zero-order valence-electron chi connectivity index (χ0n) is 24.9. The minimum atomic E-state index is -0.273. The van der Waals surface area contributed by atoms with Crippen LogP contribution in [0.4, 0.5) is 4.39 Å². The first-order valence-electron chi connectivity index (χ1n) is 14.6. The zero-order chi connectivity index (χ0) is 31.8. The minimum absolute atomic E-state index is 0.0936. The van der Waals surface area contributed by atoms with E-state index in [2.05, 4.69) is 22.9 Å². The van der Waals surface area contributed by atoms with Crippen molar-refractivity contribution in [1.82, 2.24) is 10.3 Å². The van der Waals surface area contributed by atoms with Crippen molar-refractivity contribution in [3.05, 3.63) is 148 Å². The lowest BCUT2D eigenvalue weighted by Gasteiger charge is -2.20. The molecule has 4 aromatic rings. The molecule has 0 amide bonds. The first kappa shape index (κ1) is 31.5. The summed E-state index contributed by atoms with van der Waals surface area (Å²) in [6.45, 7) is 6.16. The molecule has 0 radical (unpaired) electrons. The van der Waals surface area contributed by atoms with Gasteiger partial charge in [0.15, 0.2) is 0 Å². The number of halogens is 2. The number of aromatic nitrogens is 1. The van der Waals surface area contributed by atoms with Crippen molar-refractivity contribution in [3.8, 4) is 28.7 Å². The molecule has 1 heterocycles. The number of benzene rings is 3. The molecule has 2 N–H and O–H groups in total. The summed E-state index contributed by atoms with van der Waals surface area (Å²) in [5, 5.41) is 22.6. The molecule has 228 valence electrons. The maximum absolute atomic E-state index is 14.7. The average Bonchev–Trinajstić information content (AvgIpc) is 3.48. The van der Waals surface area contributed by atoms with Crippen LogP contribution in [0.15, 0.2) is 109 Å². The van der Waals surface area contributed by atoms with Gasteiger partial charge >= 0.3 is 0 Å². The van der Waals surface area contributed by atoms with E-state index in [1.165, 1.54) is 12.3 Å². The van der Waals surface area contributed by atoms with Gasteiger partial charge in [0.2, 0.25) is 0 Å². The molecule has 0 bridgehead atoms. The Balaban J connectivity index is 1.44. The highest BCUT2D eigenvalue weighted by molar-refractivity contribution is 6.32. The van der Waals surface area contributed by atoms with E-state index >= 15 is 0 Å². The van der Waals surface area contributed by atoms with Crippen molar-refractivity contribution < 1.29 is 19.0 Å². The third-order valence-corrected chi connectivity index (χ3v) is 7.97. The van der Waals surface area contributed by atoms with Crippen LogP contribution in [-0.2, 0) is 19.6 Å². The number of pyridine rings is 1. The van der Waals surface area contributed by atoms with Crippen LogP contribution in [0.1, 0.15) is 47.3 Å². The first-order chi connectivity index (χ1) is 21.9. The number of nitrogens with zero attached hydrogens (tertiary/aromatic N) is 2. The van der Waals surface area contributed by atoms with E-state index in [1.807, 2.05) is 43.3 Å². The highest BCUT2D eigenvalue weighted by Crippen LogP contribution is 2.43. The predicted octanol–water partition coefficient (Wildman–Crippen LogP) is 8.16. The smallest absolute Gasteiger partial charge is 0.142 e. The summed E-state index contributed by atoms with van der Waals surface area (Å²) < 4.78 is 27.5. The lowest BCUT2D eigenvalue weighted by molar-refractivity contribution is 0.206. The molecule has 1 aromatic heterocycles. The standard InChI is InChI=1S/C37H33ClFN3O3/c1-3-24(22-43)15-28(4-2)42-21-27-16-33(38)37(17-36(27)44-23-26-14-25(18-40)19-41-20-26)45-35-13-12-30-29(9-7-10-32(30)35)31-8-5-6-11-34(31)39/h3-11,14-17,19-20,35,42-43H,2,12-13,21-23H2,1H3/b24-3+,28-15+/t35-/m0/s1. The van der Waals surface area contributed by atoms with Gasteiger partial charge < -0.3 is 19.9 Å². The van der Waals surface area contributed by atoms with Crippen molar-refractivity contribution in [2.75, 3.05) is 6.61 Å². The van der Waals surface area contributed by atoms with Crippen molar-refractivity contribution in [3.63, 3.8) is 0 Å². The largest absolute Gasteiger partial charge is 0.488 e. The molecule has 5 rings (SSSR count). The SMILES string of the molecule is C=C/C(=C\C(=C/C)CO)NCc1cc(Cl)c(O[C@H]2CCc3c(-c4ccccc4F)cccc32)cc1OCc1cncc(C#N)c1. The van der Waals surface area contributed by atoms with E-state index in [-0.39, 0.29) is 25.1 Å². The van der Waals surface area contributed by atoms with Crippen LogP contribution in [0.25, 0.3) is 11.1 Å². The van der Waals surface area contributed by atoms with Crippen LogP contribution in [0.5, 0.6) is 11.5 Å². The van der Waals surface area contributed by atoms with E-state index in [1.54, 1.807) is 42.6 Å². The number of nitriles is 1. The number of fused-ring (bicyclic) bond motifs is 1. The number of hydrogen-bond donors (Lipinski definition) is 2. The highest BCUT2D eigenvalue weighted by Gasteiger charge is 2.28. The monoisotopic (exact) mass is 621 g/mol. The van der Waals surface area contributed by atoms with Crippen molar-refractivity contribution in [2.45, 2.75) is 39.0 Å². The van der Waals surface area contributed by atoms with Crippen molar-refractivity contribution in [2.24, 2.45) is 0 Å². The maximum atomic E-state index is 14.7. The van der Waals surface area contributed by atoms with E-state index in [9.17, 15) is 14.8 Å². The predicted molar refractivity (Wildman–Crippen MR) is 174 cm³/mol. The Morgan fingerprint density at radius 3 is 2.73 bits per heavy atom. The Morgan fingerprint density at radius 2 is 1.98 bits per heavy atom. The second kappa shape index (κ2) is 14.7. The summed E-state index contributed by atoms with van der Waals surface area (Å²) in [6, 6.07) is 20.1. The Bertz CT molecular complexity index is 1810. The quantitative estimate of drug-likeness (QED) is 0.155. The van der Waals surface area contributed by atoms with Gasteiger partial charge in [0.25, 0.3) is 0 Å². The Labute approximate surface area is 267 Å². The minimum Gasteiger partial charge on any atom is -0.488 e. The number of rotatable bonds is 12. The fraction of sp³-hybridized carbons (Fsp3) is 0.189. The molecule has 0 spiro atoms. The van der Waals surface area contributed by atoms with Crippen LogP contribution in [0, 0.1) is 17.1 Å².